The minimum Gasteiger partial charge on any atom is -0.481 e. The van der Waals surface area contributed by atoms with E-state index in [1.54, 1.807) is 23.1 Å². The minimum absolute atomic E-state index is 0.00583. The molecule has 1 atom stereocenters. The van der Waals surface area contributed by atoms with Gasteiger partial charge in [-0.2, -0.15) is 0 Å². The minimum atomic E-state index is -0.872. The van der Waals surface area contributed by atoms with E-state index >= 15 is 0 Å². The van der Waals surface area contributed by atoms with E-state index < -0.39 is 5.97 Å². The molecule has 1 aliphatic heterocycles. The van der Waals surface area contributed by atoms with Gasteiger partial charge in [-0.15, -0.1) is 0 Å². The number of hydrogen-bond acceptors (Lipinski definition) is 3. The summed E-state index contributed by atoms with van der Waals surface area (Å²) in [5.41, 5.74) is 0. The number of likely N-dealkylation sites (tertiary alicyclic amines) is 1. The lowest BCUT2D eigenvalue weighted by Crippen LogP contribution is -2.35. The lowest BCUT2D eigenvalue weighted by molar-refractivity contribution is -0.139. The SMILES string of the molecule is O=C(O)CC1CCCN1C(=O)C=Cc1ccc(Br)o1. The first kappa shape index (κ1) is 13.9. The second-order valence-electron chi connectivity index (χ2n) is 4.40. The largest absolute Gasteiger partial charge is 0.481 e. The number of carboxylic acid groups (broad SMARTS) is 1. The van der Waals surface area contributed by atoms with E-state index in [-0.39, 0.29) is 18.4 Å². The van der Waals surface area contributed by atoms with Gasteiger partial charge >= 0.3 is 5.97 Å². The molecule has 1 unspecified atom stereocenters. The Kier molecular flexibility index (Phi) is 4.42. The third kappa shape index (κ3) is 3.70. The number of halogens is 1. The summed E-state index contributed by atoms with van der Waals surface area (Å²) in [5, 5.41) is 8.81. The molecule has 0 aliphatic carbocycles. The summed E-state index contributed by atoms with van der Waals surface area (Å²) in [5.74, 6) is -0.464. The highest BCUT2D eigenvalue weighted by atomic mass is 79.9. The first-order chi connectivity index (χ1) is 9.06. The Balaban J connectivity index is 1.98. The monoisotopic (exact) mass is 327 g/mol. The van der Waals surface area contributed by atoms with E-state index in [0.717, 1.165) is 12.8 Å². The number of aliphatic carboxylic acids is 1. The maximum absolute atomic E-state index is 12.0. The molecule has 0 aromatic carbocycles. The van der Waals surface area contributed by atoms with E-state index in [9.17, 15) is 9.59 Å². The van der Waals surface area contributed by atoms with Crippen LogP contribution in [0.15, 0.2) is 27.3 Å². The van der Waals surface area contributed by atoms with E-state index in [2.05, 4.69) is 15.9 Å². The van der Waals surface area contributed by atoms with Crippen molar-refractivity contribution in [2.75, 3.05) is 6.54 Å². The number of carbonyl (C=O) groups is 2. The van der Waals surface area contributed by atoms with E-state index in [4.69, 9.17) is 9.52 Å². The Morgan fingerprint density at radius 3 is 2.95 bits per heavy atom. The fraction of sp³-hybridized carbons (Fsp3) is 0.385. The lowest BCUT2D eigenvalue weighted by atomic mass is 10.1. The molecule has 19 heavy (non-hydrogen) atoms. The Morgan fingerprint density at radius 1 is 1.53 bits per heavy atom. The third-order valence-corrected chi connectivity index (χ3v) is 3.48. The van der Waals surface area contributed by atoms with E-state index in [0.29, 0.717) is 17.0 Å². The third-order valence-electron chi connectivity index (χ3n) is 3.05. The second kappa shape index (κ2) is 6.06. The van der Waals surface area contributed by atoms with Gasteiger partial charge in [-0.1, -0.05) is 0 Å². The molecular formula is C13H14BrNO4. The van der Waals surface area contributed by atoms with Crippen LogP contribution in [0, 0.1) is 0 Å². The molecular weight excluding hydrogens is 314 g/mol. The normalized spacial score (nSPS) is 19.2. The zero-order valence-electron chi connectivity index (χ0n) is 10.2. The van der Waals surface area contributed by atoms with Gasteiger partial charge in [0.25, 0.3) is 0 Å². The van der Waals surface area contributed by atoms with Gasteiger partial charge in [-0.3, -0.25) is 9.59 Å². The molecule has 2 heterocycles. The molecule has 102 valence electrons. The molecule has 1 saturated heterocycles. The highest BCUT2D eigenvalue weighted by Gasteiger charge is 2.29. The smallest absolute Gasteiger partial charge is 0.305 e. The number of hydrogen-bond donors (Lipinski definition) is 1. The summed E-state index contributed by atoms with van der Waals surface area (Å²) < 4.78 is 5.85. The summed E-state index contributed by atoms with van der Waals surface area (Å²) >= 11 is 3.18. The van der Waals surface area contributed by atoms with Crippen LogP contribution in [0.1, 0.15) is 25.0 Å². The number of rotatable bonds is 4. The average Bonchev–Trinajstić information content (AvgIpc) is 2.94. The van der Waals surface area contributed by atoms with Crippen molar-refractivity contribution in [3.8, 4) is 0 Å². The molecule has 1 aromatic rings. The molecule has 1 amide bonds. The summed E-state index contributed by atoms with van der Waals surface area (Å²) in [6, 6.07) is 3.29. The number of carboxylic acids is 1. The van der Waals surface area contributed by atoms with Crippen LogP contribution in [-0.2, 0) is 9.59 Å². The number of nitrogens with zero attached hydrogens (tertiary/aromatic N) is 1. The Morgan fingerprint density at radius 2 is 2.32 bits per heavy atom. The highest BCUT2D eigenvalue weighted by molar-refractivity contribution is 9.10. The molecule has 1 N–H and O–H groups in total. The maximum atomic E-state index is 12.0. The summed E-state index contributed by atoms with van der Waals surface area (Å²) in [6.45, 7) is 0.614. The molecule has 0 spiro atoms. The van der Waals surface area contributed by atoms with Crippen LogP contribution in [0.2, 0.25) is 0 Å². The van der Waals surface area contributed by atoms with Crippen molar-refractivity contribution in [2.24, 2.45) is 0 Å². The topological polar surface area (TPSA) is 70.8 Å². The Bertz CT molecular complexity index is 508. The quantitative estimate of drug-likeness (QED) is 0.862. The van der Waals surface area contributed by atoms with Gasteiger partial charge in [-0.25, -0.2) is 0 Å². The number of amides is 1. The molecule has 5 nitrogen and oxygen atoms in total. The van der Waals surface area contributed by atoms with Crippen molar-refractivity contribution in [2.45, 2.75) is 25.3 Å². The van der Waals surface area contributed by atoms with Gasteiger partial charge in [0.1, 0.15) is 5.76 Å². The van der Waals surface area contributed by atoms with Crippen LogP contribution in [0.25, 0.3) is 6.08 Å². The van der Waals surface area contributed by atoms with Crippen molar-refractivity contribution in [1.82, 2.24) is 4.90 Å². The van der Waals surface area contributed by atoms with Crippen molar-refractivity contribution < 1.29 is 19.1 Å². The molecule has 1 aliphatic rings. The standard InChI is InChI=1S/C13H14BrNO4/c14-11-5-3-10(19-11)4-6-12(16)15-7-1-2-9(15)8-13(17)18/h3-6,9H,1-2,7-8H2,(H,17,18). The Labute approximate surface area is 119 Å². The fourth-order valence-corrected chi connectivity index (χ4v) is 2.53. The Hall–Kier alpha value is -1.56. The van der Waals surface area contributed by atoms with Gasteiger partial charge in [0, 0.05) is 18.7 Å². The van der Waals surface area contributed by atoms with Crippen LogP contribution >= 0.6 is 15.9 Å². The summed E-state index contributed by atoms with van der Waals surface area (Å²) in [7, 11) is 0. The van der Waals surface area contributed by atoms with Gasteiger partial charge in [0.2, 0.25) is 5.91 Å². The van der Waals surface area contributed by atoms with Gasteiger partial charge < -0.3 is 14.4 Å². The number of carbonyl (C=O) groups excluding carboxylic acids is 1. The molecule has 0 saturated carbocycles. The predicted molar refractivity (Wildman–Crippen MR) is 72.4 cm³/mol. The summed E-state index contributed by atoms with van der Waals surface area (Å²) in [6.07, 6.45) is 4.61. The van der Waals surface area contributed by atoms with Gasteiger partial charge in [0.05, 0.1) is 6.42 Å². The van der Waals surface area contributed by atoms with Gasteiger partial charge in [0.15, 0.2) is 4.67 Å². The number of furan rings is 1. The molecule has 0 radical (unpaired) electrons. The first-order valence-electron chi connectivity index (χ1n) is 6.02. The highest BCUT2D eigenvalue weighted by Crippen LogP contribution is 2.21. The van der Waals surface area contributed by atoms with Crippen LogP contribution in [0.4, 0.5) is 0 Å². The molecule has 6 heteroatoms. The maximum Gasteiger partial charge on any atom is 0.305 e. The van der Waals surface area contributed by atoms with Crippen LogP contribution in [0.5, 0.6) is 0 Å². The van der Waals surface area contributed by atoms with Crippen molar-refractivity contribution in [3.63, 3.8) is 0 Å². The second-order valence-corrected chi connectivity index (χ2v) is 5.18. The predicted octanol–water partition coefficient (Wildman–Crippen LogP) is 2.52. The zero-order valence-corrected chi connectivity index (χ0v) is 11.8. The molecule has 1 aromatic heterocycles. The van der Waals surface area contributed by atoms with Crippen LogP contribution in [0.3, 0.4) is 0 Å². The zero-order chi connectivity index (χ0) is 13.8. The van der Waals surface area contributed by atoms with Gasteiger partial charge in [-0.05, 0) is 47.0 Å². The average molecular weight is 328 g/mol. The molecule has 2 rings (SSSR count). The van der Waals surface area contributed by atoms with E-state index in [1.807, 2.05) is 0 Å². The van der Waals surface area contributed by atoms with Crippen molar-refractivity contribution in [3.05, 3.63) is 28.6 Å². The first-order valence-corrected chi connectivity index (χ1v) is 6.81. The van der Waals surface area contributed by atoms with Crippen molar-refractivity contribution >= 4 is 33.9 Å². The molecule has 1 fully saturated rings. The van der Waals surface area contributed by atoms with Crippen LogP contribution < -0.4 is 0 Å². The van der Waals surface area contributed by atoms with Crippen LogP contribution in [-0.4, -0.2) is 34.5 Å². The van der Waals surface area contributed by atoms with E-state index in [1.165, 1.54) is 6.08 Å². The fourth-order valence-electron chi connectivity index (χ4n) is 2.21. The molecule has 0 bridgehead atoms. The summed E-state index contributed by atoms with van der Waals surface area (Å²) in [4.78, 5) is 24.4. The van der Waals surface area contributed by atoms with Crippen molar-refractivity contribution in [1.29, 1.82) is 0 Å². The lowest BCUT2D eigenvalue weighted by Gasteiger charge is -2.21.